The van der Waals surface area contributed by atoms with Crippen molar-refractivity contribution in [2.24, 2.45) is 0 Å². The predicted molar refractivity (Wildman–Crippen MR) is 82.1 cm³/mol. The maximum atomic E-state index is 14.4. The van der Waals surface area contributed by atoms with Crippen molar-refractivity contribution in [1.29, 1.82) is 5.26 Å². The fraction of sp³-hybridized carbons (Fsp3) is 0.417. The van der Waals surface area contributed by atoms with E-state index in [4.69, 9.17) is 5.26 Å². The topological polar surface area (TPSA) is 61.2 Å². The monoisotopic (exact) mass is 378 g/mol. The summed E-state index contributed by atoms with van der Waals surface area (Å²) in [4.78, 5) is 1.56. The van der Waals surface area contributed by atoms with E-state index in [0.717, 1.165) is 12.0 Å². The molecular formula is C12H12BrFN2O2S2. The number of sulfone groups is 1. The molecule has 8 heteroatoms. The van der Waals surface area contributed by atoms with Gasteiger partial charge in [-0.1, -0.05) is 0 Å². The minimum atomic E-state index is -3.31. The van der Waals surface area contributed by atoms with Gasteiger partial charge in [0.2, 0.25) is 0 Å². The largest absolute Gasteiger partial charge is 0.351 e. The molecule has 1 aromatic carbocycles. The van der Waals surface area contributed by atoms with Crippen LogP contribution in [-0.4, -0.2) is 38.1 Å². The predicted octanol–water partition coefficient (Wildman–Crippen LogP) is 2.38. The highest BCUT2D eigenvalue weighted by atomic mass is 79.9. The Labute approximate surface area is 130 Å². The Morgan fingerprint density at radius 2 is 2.25 bits per heavy atom. The summed E-state index contributed by atoms with van der Waals surface area (Å²) < 4.78 is 38.1. The van der Waals surface area contributed by atoms with Crippen molar-refractivity contribution in [3.8, 4) is 6.07 Å². The second kappa shape index (κ2) is 5.92. The molecule has 0 N–H and O–H groups in total. The number of hydrogen-bond acceptors (Lipinski definition) is 5. The third-order valence-electron chi connectivity index (χ3n) is 3.07. The van der Waals surface area contributed by atoms with Crippen LogP contribution in [0.3, 0.4) is 0 Å². The van der Waals surface area contributed by atoms with Gasteiger partial charge in [0, 0.05) is 24.3 Å². The molecule has 1 heterocycles. The van der Waals surface area contributed by atoms with E-state index in [1.165, 1.54) is 23.9 Å². The summed E-state index contributed by atoms with van der Waals surface area (Å²) in [5.74, 6) is 0.559. The molecule has 0 aromatic heterocycles. The quantitative estimate of drug-likeness (QED) is 0.790. The number of rotatable bonds is 2. The van der Waals surface area contributed by atoms with Gasteiger partial charge in [0.05, 0.1) is 15.7 Å². The first-order valence-electron chi connectivity index (χ1n) is 5.77. The lowest BCUT2D eigenvalue weighted by Gasteiger charge is -2.36. The summed E-state index contributed by atoms with van der Waals surface area (Å²) in [5, 5.41) is 8.13. The van der Waals surface area contributed by atoms with Gasteiger partial charge in [0.15, 0.2) is 15.7 Å². The van der Waals surface area contributed by atoms with Crippen molar-refractivity contribution in [3.05, 3.63) is 28.0 Å². The van der Waals surface area contributed by atoms with Crippen LogP contribution in [0, 0.1) is 17.1 Å². The SMILES string of the molecule is CS(=O)(=O)C1CSCCN1c1ccc(C#N)c(Br)c1F. The van der Waals surface area contributed by atoms with E-state index in [0.29, 0.717) is 12.3 Å². The average Bonchev–Trinajstić information content (AvgIpc) is 2.41. The smallest absolute Gasteiger partial charge is 0.169 e. The number of benzene rings is 1. The molecule has 108 valence electrons. The lowest BCUT2D eigenvalue weighted by atomic mass is 10.2. The number of thioether (sulfide) groups is 1. The fourth-order valence-electron chi connectivity index (χ4n) is 2.06. The van der Waals surface area contributed by atoms with Crippen LogP contribution < -0.4 is 4.90 Å². The van der Waals surface area contributed by atoms with Crippen LogP contribution in [0.1, 0.15) is 5.56 Å². The van der Waals surface area contributed by atoms with Crippen molar-refractivity contribution >= 4 is 43.2 Å². The van der Waals surface area contributed by atoms with E-state index in [1.807, 2.05) is 6.07 Å². The molecule has 2 rings (SSSR count). The van der Waals surface area contributed by atoms with Crippen LogP contribution in [-0.2, 0) is 9.84 Å². The summed E-state index contributed by atoms with van der Waals surface area (Å²) in [6.45, 7) is 0.456. The van der Waals surface area contributed by atoms with Crippen LogP contribution in [0.25, 0.3) is 0 Å². The molecule has 1 saturated heterocycles. The highest BCUT2D eigenvalue weighted by Crippen LogP contribution is 2.33. The van der Waals surface area contributed by atoms with Crippen LogP contribution in [0.5, 0.6) is 0 Å². The molecule has 1 aliphatic rings. The normalized spacial score (nSPS) is 19.7. The minimum absolute atomic E-state index is 0.0722. The summed E-state index contributed by atoms with van der Waals surface area (Å²) in [7, 11) is -3.31. The van der Waals surface area contributed by atoms with Crippen molar-refractivity contribution in [1.82, 2.24) is 0 Å². The molecule has 1 aliphatic heterocycles. The van der Waals surface area contributed by atoms with Gasteiger partial charge in [-0.05, 0) is 28.1 Å². The van der Waals surface area contributed by atoms with Gasteiger partial charge in [-0.3, -0.25) is 0 Å². The van der Waals surface area contributed by atoms with Crippen molar-refractivity contribution in [2.45, 2.75) is 5.37 Å². The average molecular weight is 379 g/mol. The first-order valence-corrected chi connectivity index (χ1v) is 9.68. The standard InChI is InChI=1S/C12H12BrFN2O2S2/c1-20(17,18)10-7-19-5-4-16(10)9-3-2-8(6-15)11(13)12(9)14/h2-3,10H,4-5,7H2,1H3. The molecule has 1 aromatic rings. The zero-order chi connectivity index (χ0) is 14.9. The molecule has 0 aliphatic carbocycles. The van der Waals surface area contributed by atoms with Gasteiger partial charge in [-0.15, -0.1) is 0 Å². The molecular weight excluding hydrogens is 367 g/mol. The van der Waals surface area contributed by atoms with Crippen LogP contribution in [0.15, 0.2) is 16.6 Å². The van der Waals surface area contributed by atoms with E-state index in [2.05, 4.69) is 15.9 Å². The summed E-state index contributed by atoms with van der Waals surface area (Å²) >= 11 is 4.59. The first kappa shape index (κ1) is 15.6. The Morgan fingerprint density at radius 3 is 2.85 bits per heavy atom. The lowest BCUT2D eigenvalue weighted by Crippen LogP contribution is -2.47. The molecule has 1 unspecified atom stereocenters. The lowest BCUT2D eigenvalue weighted by molar-refractivity contribution is 0.577. The molecule has 0 radical (unpaired) electrons. The van der Waals surface area contributed by atoms with Crippen LogP contribution in [0.2, 0.25) is 0 Å². The second-order valence-corrected chi connectivity index (χ2v) is 8.57. The van der Waals surface area contributed by atoms with Gasteiger partial charge in [-0.2, -0.15) is 17.0 Å². The Bertz CT molecular complexity index is 673. The number of halogens is 2. The van der Waals surface area contributed by atoms with E-state index in [9.17, 15) is 12.8 Å². The van der Waals surface area contributed by atoms with E-state index >= 15 is 0 Å². The summed E-state index contributed by atoms with van der Waals surface area (Å²) in [6, 6.07) is 4.83. The van der Waals surface area contributed by atoms with Gasteiger partial charge in [-0.25, -0.2) is 12.8 Å². The molecule has 0 saturated carbocycles. The number of nitrogens with zero attached hydrogens (tertiary/aromatic N) is 2. The Kier molecular flexibility index (Phi) is 4.62. The van der Waals surface area contributed by atoms with Crippen molar-refractivity contribution < 1.29 is 12.8 Å². The Hall–Kier alpha value is -0.780. The zero-order valence-corrected chi connectivity index (χ0v) is 13.9. The fourth-order valence-corrected chi connectivity index (χ4v) is 5.32. The Morgan fingerprint density at radius 1 is 1.55 bits per heavy atom. The van der Waals surface area contributed by atoms with Crippen LogP contribution >= 0.6 is 27.7 Å². The number of anilines is 1. The van der Waals surface area contributed by atoms with Crippen LogP contribution in [0.4, 0.5) is 10.1 Å². The number of nitriles is 1. The molecule has 1 atom stereocenters. The van der Waals surface area contributed by atoms with Crippen molar-refractivity contribution in [3.63, 3.8) is 0 Å². The maximum Gasteiger partial charge on any atom is 0.169 e. The third-order valence-corrected chi connectivity index (χ3v) is 6.49. The van der Waals surface area contributed by atoms with Gasteiger partial charge < -0.3 is 4.90 Å². The minimum Gasteiger partial charge on any atom is -0.351 e. The molecule has 4 nitrogen and oxygen atoms in total. The van der Waals surface area contributed by atoms with E-state index in [-0.39, 0.29) is 15.7 Å². The molecule has 0 spiro atoms. The first-order chi connectivity index (χ1) is 9.36. The third kappa shape index (κ3) is 2.95. The summed E-state index contributed by atoms with van der Waals surface area (Å²) in [6.07, 6.45) is 1.16. The molecule has 1 fully saturated rings. The number of hydrogen-bond donors (Lipinski definition) is 0. The Balaban J connectivity index is 2.49. The van der Waals surface area contributed by atoms with Gasteiger partial charge in [0.1, 0.15) is 11.4 Å². The zero-order valence-electron chi connectivity index (χ0n) is 10.6. The van der Waals surface area contributed by atoms with Gasteiger partial charge in [0.25, 0.3) is 0 Å². The van der Waals surface area contributed by atoms with Gasteiger partial charge >= 0.3 is 0 Å². The summed E-state index contributed by atoms with van der Waals surface area (Å²) in [5.41, 5.74) is 0.403. The van der Waals surface area contributed by atoms with E-state index < -0.39 is 21.0 Å². The molecule has 0 bridgehead atoms. The van der Waals surface area contributed by atoms with E-state index in [1.54, 1.807) is 4.90 Å². The molecule has 20 heavy (non-hydrogen) atoms. The highest BCUT2D eigenvalue weighted by molar-refractivity contribution is 9.10. The van der Waals surface area contributed by atoms with Crippen molar-refractivity contribution in [2.75, 3.05) is 29.2 Å². The highest BCUT2D eigenvalue weighted by Gasteiger charge is 2.33. The second-order valence-electron chi connectivity index (χ2n) is 4.42. The maximum absolute atomic E-state index is 14.4. The molecule has 0 amide bonds.